The van der Waals surface area contributed by atoms with Crippen molar-refractivity contribution in [2.45, 2.75) is 30.7 Å². The van der Waals surface area contributed by atoms with E-state index < -0.39 is 37.3 Å². The summed E-state index contributed by atoms with van der Waals surface area (Å²) >= 11 is 0. The smallest absolute Gasteiger partial charge is 0.229 e. The molecule has 0 radical (unpaired) electrons. The first-order chi connectivity index (χ1) is 10.6. The average molecular weight is 310 g/mol. The number of aliphatic hydroxyl groups is 4. The minimum atomic E-state index is -1.48. The summed E-state index contributed by atoms with van der Waals surface area (Å²) in [6.45, 7) is -0.364. The molecular formula is C15H18O7. The molecule has 1 aliphatic rings. The molecule has 1 fully saturated rings. The molecule has 1 aromatic rings. The maximum atomic E-state index is 9.86. The first-order valence-electron chi connectivity index (χ1n) is 6.70. The van der Waals surface area contributed by atoms with Crippen LogP contribution in [0.25, 0.3) is 0 Å². The third-order valence-electron chi connectivity index (χ3n) is 3.25. The van der Waals surface area contributed by atoms with Crippen LogP contribution in [0.5, 0.6) is 11.5 Å². The van der Waals surface area contributed by atoms with Crippen LogP contribution >= 0.6 is 0 Å². The summed E-state index contributed by atoms with van der Waals surface area (Å²) in [4.78, 5) is 0. The first-order valence-corrected chi connectivity index (χ1v) is 6.70. The van der Waals surface area contributed by atoms with Gasteiger partial charge in [0.25, 0.3) is 0 Å². The van der Waals surface area contributed by atoms with E-state index in [4.69, 9.17) is 25.7 Å². The summed E-state index contributed by atoms with van der Waals surface area (Å²) in [5.41, 5.74) is 0. The van der Waals surface area contributed by atoms with Gasteiger partial charge in [0, 0.05) is 0 Å². The molecule has 0 bridgehead atoms. The van der Waals surface area contributed by atoms with Crippen molar-refractivity contribution >= 4 is 0 Å². The van der Waals surface area contributed by atoms with Crippen molar-refractivity contribution in [2.24, 2.45) is 0 Å². The molecule has 5 atom stereocenters. The molecule has 1 heterocycles. The van der Waals surface area contributed by atoms with E-state index in [-0.39, 0.29) is 6.61 Å². The van der Waals surface area contributed by atoms with Gasteiger partial charge in [0.05, 0.1) is 6.61 Å². The second-order valence-electron chi connectivity index (χ2n) is 4.78. The highest BCUT2D eigenvalue weighted by Gasteiger charge is 2.44. The van der Waals surface area contributed by atoms with Crippen LogP contribution < -0.4 is 9.47 Å². The van der Waals surface area contributed by atoms with Gasteiger partial charge >= 0.3 is 0 Å². The minimum Gasteiger partial charge on any atom is -0.481 e. The molecule has 22 heavy (non-hydrogen) atoms. The van der Waals surface area contributed by atoms with E-state index in [1.165, 1.54) is 0 Å². The number of benzene rings is 1. The van der Waals surface area contributed by atoms with Crippen LogP contribution in [0, 0.1) is 12.3 Å². The van der Waals surface area contributed by atoms with Gasteiger partial charge in [0.1, 0.15) is 42.5 Å². The van der Waals surface area contributed by atoms with Crippen molar-refractivity contribution in [2.75, 3.05) is 13.2 Å². The predicted octanol–water partition coefficient (Wildman–Crippen LogP) is -1.12. The maximum Gasteiger partial charge on any atom is 0.229 e. The summed E-state index contributed by atoms with van der Waals surface area (Å²) < 4.78 is 15.9. The van der Waals surface area contributed by atoms with Gasteiger partial charge < -0.3 is 34.6 Å². The lowest BCUT2D eigenvalue weighted by molar-refractivity contribution is -0.277. The molecule has 0 unspecified atom stereocenters. The summed E-state index contributed by atoms with van der Waals surface area (Å²) in [5, 5.41) is 38.3. The Kier molecular flexibility index (Phi) is 5.60. The molecule has 0 amide bonds. The maximum absolute atomic E-state index is 9.86. The molecule has 1 aromatic carbocycles. The van der Waals surface area contributed by atoms with Gasteiger partial charge in [0.2, 0.25) is 6.29 Å². The van der Waals surface area contributed by atoms with Crippen LogP contribution in [-0.4, -0.2) is 64.3 Å². The zero-order valence-electron chi connectivity index (χ0n) is 11.7. The molecular weight excluding hydrogens is 292 g/mol. The lowest BCUT2D eigenvalue weighted by Gasteiger charge is -2.39. The Labute approximate surface area is 127 Å². The normalized spacial score (nSPS) is 31.3. The lowest BCUT2D eigenvalue weighted by atomic mass is 9.99. The highest BCUT2D eigenvalue weighted by atomic mass is 16.7. The van der Waals surface area contributed by atoms with Crippen LogP contribution in [0.15, 0.2) is 24.3 Å². The quantitative estimate of drug-likeness (QED) is 0.510. The minimum absolute atomic E-state index is 0.146. The summed E-state index contributed by atoms with van der Waals surface area (Å²) in [6, 6.07) is 6.40. The van der Waals surface area contributed by atoms with E-state index in [1.54, 1.807) is 24.3 Å². The lowest BCUT2D eigenvalue weighted by Crippen LogP contribution is -2.60. The summed E-state index contributed by atoms with van der Waals surface area (Å²) in [5.74, 6) is 3.25. The third-order valence-corrected chi connectivity index (χ3v) is 3.25. The fraction of sp³-hybridized carbons (Fsp3) is 0.467. The molecule has 0 spiro atoms. The largest absolute Gasteiger partial charge is 0.481 e. The Balaban J connectivity index is 2.01. The highest BCUT2D eigenvalue weighted by molar-refractivity contribution is 5.31. The number of hydrogen-bond donors (Lipinski definition) is 4. The van der Waals surface area contributed by atoms with Crippen LogP contribution in [0.4, 0.5) is 0 Å². The average Bonchev–Trinajstić information content (AvgIpc) is 2.54. The molecule has 120 valence electrons. The van der Waals surface area contributed by atoms with Gasteiger partial charge in [-0.1, -0.05) is 5.92 Å². The first kappa shape index (κ1) is 16.5. The zero-order chi connectivity index (χ0) is 16.1. The van der Waals surface area contributed by atoms with Gasteiger partial charge in [-0.15, -0.1) is 6.42 Å². The molecule has 1 aliphatic heterocycles. The second-order valence-corrected chi connectivity index (χ2v) is 4.78. The van der Waals surface area contributed by atoms with Gasteiger partial charge in [-0.2, -0.15) is 0 Å². The van der Waals surface area contributed by atoms with Crippen molar-refractivity contribution in [3.8, 4) is 23.8 Å². The Morgan fingerprint density at radius 3 is 2.27 bits per heavy atom. The van der Waals surface area contributed by atoms with Crippen molar-refractivity contribution in [3.63, 3.8) is 0 Å². The third kappa shape index (κ3) is 3.68. The van der Waals surface area contributed by atoms with Crippen molar-refractivity contribution < 1.29 is 34.6 Å². The van der Waals surface area contributed by atoms with Crippen molar-refractivity contribution in [3.05, 3.63) is 24.3 Å². The molecule has 4 N–H and O–H groups in total. The molecule has 0 aromatic heterocycles. The standard InChI is InChI=1S/C15H18O7/c1-2-7-20-9-3-5-10(6-4-9)21-15-14(19)13(18)12(17)11(8-16)22-15/h1,3-6,11-19H,7-8H2/t11-,12-,13+,14-,15-/m1/s1. The summed E-state index contributed by atoms with van der Waals surface area (Å²) in [7, 11) is 0. The van der Waals surface area contributed by atoms with E-state index in [9.17, 15) is 15.3 Å². The zero-order valence-corrected chi connectivity index (χ0v) is 11.7. The van der Waals surface area contributed by atoms with E-state index in [0.29, 0.717) is 11.5 Å². The number of hydrogen-bond acceptors (Lipinski definition) is 7. The molecule has 1 saturated heterocycles. The van der Waals surface area contributed by atoms with E-state index >= 15 is 0 Å². The fourth-order valence-corrected chi connectivity index (χ4v) is 2.04. The van der Waals surface area contributed by atoms with Crippen molar-refractivity contribution in [1.82, 2.24) is 0 Å². The molecule has 0 aliphatic carbocycles. The van der Waals surface area contributed by atoms with Crippen molar-refractivity contribution in [1.29, 1.82) is 0 Å². The Hall–Kier alpha value is -1.82. The van der Waals surface area contributed by atoms with Gasteiger partial charge in [-0.3, -0.25) is 0 Å². The number of rotatable bonds is 5. The van der Waals surface area contributed by atoms with E-state index in [1.807, 2.05) is 0 Å². The Morgan fingerprint density at radius 2 is 1.68 bits per heavy atom. The Bertz CT molecular complexity index is 508. The monoisotopic (exact) mass is 310 g/mol. The number of terminal acetylenes is 1. The molecule has 7 nitrogen and oxygen atoms in total. The fourth-order valence-electron chi connectivity index (χ4n) is 2.04. The van der Waals surface area contributed by atoms with Crippen LogP contribution in [0.1, 0.15) is 0 Å². The number of aliphatic hydroxyl groups excluding tert-OH is 4. The SMILES string of the molecule is C#CCOc1ccc(O[C@@H]2O[C@H](CO)[C@@H](O)[C@H](O)[C@H]2O)cc1. The van der Waals surface area contributed by atoms with E-state index in [2.05, 4.69) is 5.92 Å². The van der Waals surface area contributed by atoms with Crippen LogP contribution in [-0.2, 0) is 4.74 Å². The predicted molar refractivity (Wildman–Crippen MR) is 75.2 cm³/mol. The molecule has 7 heteroatoms. The van der Waals surface area contributed by atoms with Gasteiger partial charge in [0.15, 0.2) is 0 Å². The molecule has 2 rings (SSSR count). The summed E-state index contributed by atoms with van der Waals surface area (Å²) in [6.07, 6.45) is -1.48. The van der Waals surface area contributed by atoms with Crippen LogP contribution in [0.3, 0.4) is 0 Å². The Morgan fingerprint density at radius 1 is 1.05 bits per heavy atom. The topological polar surface area (TPSA) is 109 Å². The highest BCUT2D eigenvalue weighted by Crippen LogP contribution is 2.25. The molecule has 0 saturated carbocycles. The number of ether oxygens (including phenoxy) is 3. The van der Waals surface area contributed by atoms with Gasteiger partial charge in [-0.25, -0.2) is 0 Å². The van der Waals surface area contributed by atoms with Crippen LogP contribution in [0.2, 0.25) is 0 Å². The van der Waals surface area contributed by atoms with E-state index in [0.717, 1.165) is 0 Å². The van der Waals surface area contributed by atoms with Gasteiger partial charge in [-0.05, 0) is 24.3 Å². The second kappa shape index (κ2) is 7.45.